The lowest BCUT2D eigenvalue weighted by Gasteiger charge is -2.12. The number of carbonyl (C=O) groups excluding carboxylic acids is 2. The highest BCUT2D eigenvalue weighted by atomic mass is 16.1. The number of aromatic nitrogens is 1. The molecule has 0 bridgehead atoms. The average Bonchev–Trinajstić information content (AvgIpc) is 2.54. The molecule has 1 aromatic rings. The van der Waals surface area contributed by atoms with Gasteiger partial charge in [-0.15, -0.1) is 0 Å². The van der Waals surface area contributed by atoms with E-state index in [9.17, 15) is 9.59 Å². The van der Waals surface area contributed by atoms with Gasteiger partial charge in [-0.25, -0.2) is 0 Å². The Balaban J connectivity index is 2.71. The van der Waals surface area contributed by atoms with Crippen LogP contribution in [-0.2, 0) is 7.05 Å². The van der Waals surface area contributed by atoms with Crippen LogP contribution in [0.2, 0.25) is 0 Å². The number of aryl methyl sites for hydroxylation is 1. The minimum absolute atomic E-state index is 0.0299. The second kappa shape index (κ2) is 2.67. The number of nitrogens with zero attached hydrogens (tertiary/aromatic N) is 1. The van der Waals surface area contributed by atoms with E-state index in [4.69, 9.17) is 0 Å². The van der Waals surface area contributed by atoms with Crippen molar-refractivity contribution in [3.8, 4) is 0 Å². The van der Waals surface area contributed by atoms with Crippen molar-refractivity contribution in [3.05, 3.63) is 34.7 Å². The number of hydrogen-bond donors (Lipinski definition) is 0. The van der Waals surface area contributed by atoms with Crippen LogP contribution < -0.4 is 0 Å². The third kappa shape index (κ3) is 0.985. The first-order valence-corrected chi connectivity index (χ1v) is 4.45. The fourth-order valence-electron chi connectivity index (χ4n) is 1.69. The highest BCUT2D eigenvalue weighted by molar-refractivity contribution is 6.26. The van der Waals surface area contributed by atoms with Crippen molar-refractivity contribution in [2.75, 3.05) is 0 Å². The normalized spacial score (nSPS) is 16.2. The second-order valence-electron chi connectivity index (χ2n) is 3.66. The molecule has 72 valence electrons. The number of rotatable bonds is 0. The van der Waals surface area contributed by atoms with Gasteiger partial charge in [-0.3, -0.25) is 9.59 Å². The summed E-state index contributed by atoms with van der Waals surface area (Å²) in [5.74, 6) is -0.0598. The van der Waals surface area contributed by atoms with Gasteiger partial charge in [0.1, 0.15) is 0 Å². The topological polar surface area (TPSA) is 39.1 Å². The van der Waals surface area contributed by atoms with Crippen molar-refractivity contribution in [2.45, 2.75) is 13.8 Å². The highest BCUT2D eigenvalue weighted by Gasteiger charge is 2.28. The van der Waals surface area contributed by atoms with Crippen LogP contribution in [0.5, 0.6) is 0 Å². The van der Waals surface area contributed by atoms with Crippen LogP contribution >= 0.6 is 0 Å². The van der Waals surface area contributed by atoms with Crippen LogP contribution in [0.1, 0.15) is 34.6 Å². The third-order valence-electron chi connectivity index (χ3n) is 2.69. The van der Waals surface area contributed by atoms with Crippen molar-refractivity contribution in [3.63, 3.8) is 0 Å². The Hall–Kier alpha value is -1.64. The average molecular weight is 189 g/mol. The first-order chi connectivity index (χ1) is 6.52. The molecule has 0 aliphatic heterocycles. The van der Waals surface area contributed by atoms with E-state index in [1.54, 1.807) is 30.8 Å². The molecule has 0 aromatic carbocycles. The molecule has 0 N–H and O–H groups in total. The predicted octanol–water partition coefficient (Wildman–Crippen LogP) is 1.74. The van der Waals surface area contributed by atoms with Gasteiger partial charge >= 0.3 is 0 Å². The molecule has 0 amide bonds. The molecular weight excluding hydrogens is 178 g/mol. The van der Waals surface area contributed by atoms with Gasteiger partial charge in [-0.1, -0.05) is 0 Å². The van der Waals surface area contributed by atoms with Gasteiger partial charge in [0.15, 0.2) is 11.6 Å². The quantitative estimate of drug-likeness (QED) is 0.623. The van der Waals surface area contributed by atoms with E-state index >= 15 is 0 Å². The molecule has 0 saturated carbocycles. The summed E-state index contributed by atoms with van der Waals surface area (Å²) in [5.41, 5.74) is 2.18. The summed E-state index contributed by atoms with van der Waals surface area (Å²) in [7, 11) is 1.81. The molecule has 3 nitrogen and oxygen atoms in total. The number of carbonyl (C=O) groups is 2. The van der Waals surface area contributed by atoms with Crippen LogP contribution in [0.3, 0.4) is 0 Å². The Morgan fingerprint density at radius 2 is 1.29 bits per heavy atom. The van der Waals surface area contributed by atoms with Crippen LogP contribution in [0.4, 0.5) is 0 Å². The molecule has 0 atom stereocenters. The lowest BCUT2D eigenvalue weighted by molar-refractivity contribution is 0.0976. The zero-order chi connectivity index (χ0) is 10.5. The molecular formula is C11H11NO2. The third-order valence-corrected chi connectivity index (χ3v) is 2.69. The predicted molar refractivity (Wildman–Crippen MR) is 52.4 cm³/mol. The molecule has 0 spiro atoms. The van der Waals surface area contributed by atoms with Crippen LogP contribution in [-0.4, -0.2) is 16.1 Å². The Labute approximate surface area is 82.0 Å². The van der Waals surface area contributed by atoms with Crippen LogP contribution in [0, 0.1) is 0 Å². The minimum Gasteiger partial charge on any atom is -0.356 e. The largest absolute Gasteiger partial charge is 0.356 e. The number of allylic oxidation sites excluding steroid dienone is 2. The summed E-state index contributed by atoms with van der Waals surface area (Å²) in [6.07, 6.45) is 3.40. The van der Waals surface area contributed by atoms with Crippen molar-refractivity contribution in [1.29, 1.82) is 0 Å². The molecule has 14 heavy (non-hydrogen) atoms. The van der Waals surface area contributed by atoms with E-state index in [0.29, 0.717) is 22.3 Å². The molecule has 1 aromatic heterocycles. The zero-order valence-electron chi connectivity index (χ0n) is 8.42. The Morgan fingerprint density at radius 1 is 0.929 bits per heavy atom. The second-order valence-corrected chi connectivity index (χ2v) is 3.66. The molecule has 0 fully saturated rings. The number of hydrogen-bond acceptors (Lipinski definition) is 2. The number of fused-ring (bicyclic) bond motifs is 1. The van der Waals surface area contributed by atoms with E-state index in [1.165, 1.54) is 0 Å². The van der Waals surface area contributed by atoms with E-state index in [1.807, 2.05) is 7.05 Å². The molecule has 1 heterocycles. The maximum Gasteiger partial charge on any atom is 0.191 e. The fraction of sp³-hybridized carbons (Fsp3) is 0.273. The highest BCUT2D eigenvalue weighted by Crippen LogP contribution is 2.25. The lowest BCUT2D eigenvalue weighted by Crippen LogP contribution is -2.17. The molecule has 2 rings (SSSR count). The van der Waals surface area contributed by atoms with E-state index < -0.39 is 0 Å². The van der Waals surface area contributed by atoms with Gasteiger partial charge in [0, 0.05) is 30.6 Å². The SMILES string of the molecule is CC1=C(C)C(=O)c2cn(C)cc2C1=O. The van der Waals surface area contributed by atoms with Gasteiger partial charge < -0.3 is 4.57 Å². The molecule has 3 heteroatoms. The van der Waals surface area contributed by atoms with Crippen LogP contribution in [0.15, 0.2) is 23.5 Å². The monoisotopic (exact) mass is 189 g/mol. The maximum absolute atomic E-state index is 11.8. The van der Waals surface area contributed by atoms with Gasteiger partial charge in [0.2, 0.25) is 0 Å². The standard InChI is InChI=1S/C11H11NO2/c1-6-7(2)11(14)9-5-12(3)4-8(9)10(6)13/h4-5H,1-3H3. The smallest absolute Gasteiger partial charge is 0.191 e. The van der Waals surface area contributed by atoms with E-state index in [2.05, 4.69) is 0 Å². The van der Waals surface area contributed by atoms with Gasteiger partial charge in [0.25, 0.3) is 0 Å². The number of ketones is 2. The fourth-order valence-corrected chi connectivity index (χ4v) is 1.69. The summed E-state index contributed by atoms with van der Waals surface area (Å²) < 4.78 is 1.74. The summed E-state index contributed by atoms with van der Waals surface area (Å²) in [6, 6.07) is 0. The van der Waals surface area contributed by atoms with Crippen molar-refractivity contribution in [2.24, 2.45) is 7.05 Å². The van der Waals surface area contributed by atoms with Crippen molar-refractivity contribution in [1.82, 2.24) is 4.57 Å². The molecule has 0 saturated heterocycles. The first kappa shape index (κ1) is 8.94. The van der Waals surface area contributed by atoms with Gasteiger partial charge in [0.05, 0.1) is 11.1 Å². The van der Waals surface area contributed by atoms with Gasteiger partial charge in [-0.2, -0.15) is 0 Å². The summed E-state index contributed by atoms with van der Waals surface area (Å²) in [4.78, 5) is 23.5. The van der Waals surface area contributed by atoms with E-state index in [-0.39, 0.29) is 11.6 Å². The van der Waals surface area contributed by atoms with Crippen LogP contribution in [0.25, 0.3) is 0 Å². The summed E-state index contributed by atoms with van der Waals surface area (Å²) in [5, 5.41) is 0. The Kier molecular flexibility index (Phi) is 1.71. The maximum atomic E-state index is 11.8. The molecule has 1 aliphatic carbocycles. The minimum atomic E-state index is -0.0299. The van der Waals surface area contributed by atoms with E-state index in [0.717, 1.165) is 0 Å². The molecule has 0 unspecified atom stereocenters. The van der Waals surface area contributed by atoms with Crippen molar-refractivity contribution >= 4 is 11.6 Å². The first-order valence-electron chi connectivity index (χ1n) is 4.45. The summed E-state index contributed by atoms with van der Waals surface area (Å²) >= 11 is 0. The van der Waals surface area contributed by atoms with Crippen molar-refractivity contribution < 1.29 is 9.59 Å². The Morgan fingerprint density at radius 3 is 1.64 bits per heavy atom. The molecule has 1 aliphatic rings. The zero-order valence-corrected chi connectivity index (χ0v) is 8.42. The molecule has 0 radical (unpaired) electrons. The number of Topliss-reactive ketones (excluding diaryl/α,β-unsaturated/α-hetero) is 2. The lowest BCUT2D eigenvalue weighted by atomic mass is 9.88. The van der Waals surface area contributed by atoms with Gasteiger partial charge in [-0.05, 0) is 13.8 Å². The Bertz CT molecular complexity index is 436. The summed E-state index contributed by atoms with van der Waals surface area (Å²) in [6.45, 7) is 3.40.